The summed E-state index contributed by atoms with van der Waals surface area (Å²) in [5.74, 6) is -0.475. The number of sulfonamides is 1. The van der Waals surface area contributed by atoms with Crippen LogP contribution in [0.5, 0.6) is 0 Å². The highest BCUT2D eigenvalue weighted by Gasteiger charge is 2.34. The van der Waals surface area contributed by atoms with Crippen LogP contribution in [0.4, 0.5) is 10.1 Å². The molecule has 2 atom stereocenters. The summed E-state index contributed by atoms with van der Waals surface area (Å²) in [6.07, 6.45) is 2.39. The molecule has 0 radical (unpaired) electrons. The molecule has 158 valence electrons. The van der Waals surface area contributed by atoms with Crippen LogP contribution in [0.2, 0.25) is 0 Å². The van der Waals surface area contributed by atoms with Gasteiger partial charge in [-0.1, -0.05) is 13.8 Å². The molecule has 2 unspecified atom stereocenters. The Kier molecular flexibility index (Phi) is 7.00. The third-order valence-electron chi connectivity index (χ3n) is 5.23. The molecule has 1 fully saturated rings. The number of ketones is 2. The van der Waals surface area contributed by atoms with Gasteiger partial charge < -0.3 is 4.98 Å². The Morgan fingerprint density at radius 3 is 2.31 bits per heavy atom. The highest BCUT2D eigenvalue weighted by molar-refractivity contribution is 7.92. The molecule has 0 bridgehead atoms. The van der Waals surface area contributed by atoms with Crippen molar-refractivity contribution in [3.8, 4) is 0 Å². The van der Waals surface area contributed by atoms with Gasteiger partial charge in [0.05, 0.1) is 11.6 Å². The van der Waals surface area contributed by atoms with E-state index in [2.05, 4.69) is 9.71 Å². The first kappa shape index (κ1) is 22.8. The van der Waals surface area contributed by atoms with Gasteiger partial charge in [-0.15, -0.1) is 0 Å². The van der Waals surface area contributed by atoms with Gasteiger partial charge in [0.1, 0.15) is 17.4 Å². The minimum atomic E-state index is -3.72. The zero-order valence-corrected chi connectivity index (χ0v) is 18.1. The van der Waals surface area contributed by atoms with Crippen LogP contribution < -0.4 is 4.72 Å². The van der Waals surface area contributed by atoms with Gasteiger partial charge in [0, 0.05) is 24.1 Å². The van der Waals surface area contributed by atoms with Crippen LogP contribution in [-0.4, -0.2) is 25.0 Å². The first-order valence-electron chi connectivity index (χ1n) is 9.50. The maximum atomic E-state index is 14.2. The molecular weight excluding hydrogens is 395 g/mol. The molecule has 0 aliphatic heterocycles. The van der Waals surface area contributed by atoms with Crippen LogP contribution in [-0.2, 0) is 26.0 Å². The largest absolute Gasteiger partial charge is 0.351 e. The van der Waals surface area contributed by atoms with Crippen molar-refractivity contribution in [1.82, 2.24) is 4.98 Å². The second-order valence-electron chi connectivity index (χ2n) is 7.35. The first-order valence-corrected chi connectivity index (χ1v) is 11.0. The summed E-state index contributed by atoms with van der Waals surface area (Å²) in [6, 6.07) is 4.71. The van der Waals surface area contributed by atoms with Gasteiger partial charge in [-0.25, -0.2) is 4.39 Å². The highest BCUT2D eigenvalue weighted by Crippen LogP contribution is 2.27. The Bertz CT molecular complexity index is 1010. The third-order valence-corrected chi connectivity index (χ3v) is 6.55. The standard InChI is InChI=1S/C14H17FN2O2S.C7H10O2/c1-4-11-12(8-9(2)10(3)14(11)15)17-20(18,19)13-6-5-7-16-13;1-4-3-6(8)5(2)7(4)9/h5-8,16-17H,4H2,1-3H3;4-5H,3H2,1-2H3. The quantitative estimate of drug-likeness (QED) is 0.730. The van der Waals surface area contributed by atoms with Crippen molar-refractivity contribution < 1.29 is 22.4 Å². The van der Waals surface area contributed by atoms with E-state index in [1.807, 2.05) is 6.92 Å². The summed E-state index contributed by atoms with van der Waals surface area (Å²) in [7, 11) is -3.72. The number of halogens is 1. The average molecular weight is 423 g/mol. The lowest BCUT2D eigenvalue weighted by Crippen LogP contribution is -2.15. The Morgan fingerprint density at radius 1 is 1.24 bits per heavy atom. The van der Waals surface area contributed by atoms with Crippen LogP contribution in [0.1, 0.15) is 43.9 Å². The lowest BCUT2D eigenvalue weighted by atomic mass is 10.0. The van der Waals surface area contributed by atoms with Gasteiger partial charge in [-0.3, -0.25) is 14.3 Å². The van der Waals surface area contributed by atoms with E-state index in [0.29, 0.717) is 35.2 Å². The van der Waals surface area contributed by atoms with Gasteiger partial charge in [0.2, 0.25) is 0 Å². The molecular formula is C21H27FN2O4S. The fraction of sp³-hybridized carbons (Fsp3) is 0.429. The van der Waals surface area contributed by atoms with Crippen LogP contribution in [0, 0.1) is 31.5 Å². The van der Waals surface area contributed by atoms with Crippen molar-refractivity contribution in [3.05, 3.63) is 46.9 Å². The number of aromatic nitrogens is 1. The molecule has 1 aromatic heterocycles. The predicted molar refractivity (Wildman–Crippen MR) is 110 cm³/mol. The molecule has 1 aliphatic rings. The van der Waals surface area contributed by atoms with E-state index in [0.717, 1.165) is 0 Å². The second kappa shape index (κ2) is 8.90. The monoisotopic (exact) mass is 422 g/mol. The zero-order chi connectivity index (χ0) is 21.9. The highest BCUT2D eigenvalue weighted by atomic mass is 32.2. The van der Waals surface area contributed by atoms with E-state index in [1.165, 1.54) is 12.3 Å². The number of carbonyl (C=O) groups is 2. The number of Topliss-reactive ketones (excluding diaryl/α,β-unsaturated/α-hetero) is 2. The van der Waals surface area contributed by atoms with E-state index >= 15 is 0 Å². The number of anilines is 1. The molecule has 0 saturated heterocycles. The van der Waals surface area contributed by atoms with Gasteiger partial charge in [-0.2, -0.15) is 8.42 Å². The average Bonchev–Trinajstić information content (AvgIpc) is 3.27. The Labute approximate surface area is 171 Å². The molecule has 2 aromatic rings. The molecule has 1 saturated carbocycles. The minimum absolute atomic E-state index is 0.0208. The molecule has 0 amide bonds. The van der Waals surface area contributed by atoms with E-state index in [-0.39, 0.29) is 34.2 Å². The lowest BCUT2D eigenvalue weighted by Gasteiger charge is -2.15. The molecule has 6 nitrogen and oxygen atoms in total. The van der Waals surface area contributed by atoms with Crippen LogP contribution in [0.15, 0.2) is 29.4 Å². The predicted octanol–water partition coefficient (Wildman–Crippen LogP) is 3.93. The second-order valence-corrected chi connectivity index (χ2v) is 9.00. The number of hydrogen-bond acceptors (Lipinski definition) is 4. The van der Waals surface area contributed by atoms with Gasteiger partial charge in [0.15, 0.2) is 5.03 Å². The van der Waals surface area contributed by atoms with Crippen molar-refractivity contribution in [2.24, 2.45) is 11.8 Å². The molecule has 1 aliphatic carbocycles. The first-order chi connectivity index (χ1) is 13.5. The maximum Gasteiger partial charge on any atom is 0.277 e. The van der Waals surface area contributed by atoms with Gasteiger partial charge >= 0.3 is 0 Å². The molecule has 1 heterocycles. The molecule has 1 aromatic carbocycles. The molecule has 0 spiro atoms. The van der Waals surface area contributed by atoms with Crippen molar-refractivity contribution in [3.63, 3.8) is 0 Å². The van der Waals surface area contributed by atoms with E-state index in [9.17, 15) is 22.4 Å². The zero-order valence-electron chi connectivity index (χ0n) is 17.3. The number of aryl methyl sites for hydroxylation is 1. The topological polar surface area (TPSA) is 96.1 Å². The summed E-state index contributed by atoms with van der Waals surface area (Å²) >= 11 is 0. The Balaban J connectivity index is 0.000000278. The van der Waals surface area contributed by atoms with Crippen LogP contribution >= 0.6 is 0 Å². The third kappa shape index (κ3) is 4.93. The number of H-pyrrole nitrogens is 1. The Morgan fingerprint density at radius 2 is 1.90 bits per heavy atom. The summed E-state index contributed by atoms with van der Waals surface area (Å²) in [5, 5.41) is 0.0539. The van der Waals surface area contributed by atoms with E-state index in [4.69, 9.17) is 0 Å². The number of carbonyl (C=O) groups excluding carboxylic acids is 2. The van der Waals surface area contributed by atoms with E-state index in [1.54, 1.807) is 39.8 Å². The normalized spacial score (nSPS) is 19.1. The number of hydrogen-bond donors (Lipinski definition) is 2. The number of aromatic amines is 1. The van der Waals surface area contributed by atoms with Crippen LogP contribution in [0.25, 0.3) is 0 Å². The summed E-state index contributed by atoms with van der Waals surface area (Å²) < 4.78 is 41.0. The molecule has 2 N–H and O–H groups in total. The maximum absolute atomic E-state index is 14.2. The fourth-order valence-corrected chi connectivity index (χ4v) is 4.27. The summed E-state index contributed by atoms with van der Waals surface area (Å²) in [5.41, 5.74) is 1.93. The van der Waals surface area contributed by atoms with Gasteiger partial charge in [0.25, 0.3) is 10.0 Å². The number of benzene rings is 1. The van der Waals surface area contributed by atoms with Crippen LogP contribution in [0.3, 0.4) is 0 Å². The molecule has 8 heteroatoms. The minimum Gasteiger partial charge on any atom is -0.351 e. The Hall–Kier alpha value is -2.48. The van der Waals surface area contributed by atoms with Crippen molar-refractivity contribution in [1.29, 1.82) is 0 Å². The van der Waals surface area contributed by atoms with Crippen molar-refractivity contribution in [2.45, 2.75) is 52.5 Å². The fourth-order valence-electron chi connectivity index (χ4n) is 3.21. The smallest absolute Gasteiger partial charge is 0.277 e. The summed E-state index contributed by atoms with van der Waals surface area (Å²) in [4.78, 5) is 24.3. The summed E-state index contributed by atoms with van der Waals surface area (Å²) in [6.45, 7) is 8.73. The van der Waals surface area contributed by atoms with E-state index < -0.39 is 10.0 Å². The van der Waals surface area contributed by atoms with Crippen molar-refractivity contribution >= 4 is 27.3 Å². The van der Waals surface area contributed by atoms with Gasteiger partial charge in [-0.05, 0) is 56.5 Å². The van der Waals surface area contributed by atoms with Crippen molar-refractivity contribution in [2.75, 3.05) is 4.72 Å². The molecule has 29 heavy (non-hydrogen) atoms. The number of rotatable bonds is 4. The SMILES string of the molecule is CC1CC(=O)C(C)C1=O.CCc1c(NS(=O)(=O)c2ccc[nH]2)cc(C)c(C)c1F. The molecule has 3 rings (SSSR count). The lowest BCUT2D eigenvalue weighted by molar-refractivity contribution is -0.127. The number of nitrogens with one attached hydrogen (secondary N) is 2.